The molecular weight excluding hydrogens is 246 g/mol. The Labute approximate surface area is 126 Å². The number of aryl methyl sites for hydroxylation is 1. The number of hydrogen-bond acceptors (Lipinski definition) is 3. The number of aromatic nitrogens is 1. The van der Waals surface area contributed by atoms with Gasteiger partial charge in [0.05, 0.1) is 7.06 Å². The summed E-state index contributed by atoms with van der Waals surface area (Å²) in [5, 5.41) is 0. The molecule has 1 unspecified atom stereocenters. The Bertz CT molecular complexity index is 757. The smallest absolute Gasteiger partial charge is 0.154 e. The van der Waals surface area contributed by atoms with Crippen molar-refractivity contribution in [3.8, 4) is 0 Å². The zero-order chi connectivity index (χ0) is 17.7. The van der Waals surface area contributed by atoms with Crippen LogP contribution in [-0.2, 0) is 0 Å². The lowest BCUT2D eigenvalue weighted by atomic mass is 10.1. The molecule has 2 heterocycles. The highest BCUT2D eigenvalue weighted by Gasteiger charge is 2.36. The number of pyridine rings is 1. The topological polar surface area (TPSA) is 19.4 Å². The van der Waals surface area contributed by atoms with E-state index in [0.29, 0.717) is 5.82 Å². The molecule has 3 nitrogen and oxygen atoms in total. The highest BCUT2D eigenvalue weighted by Crippen LogP contribution is 2.44. The van der Waals surface area contributed by atoms with Crippen LogP contribution in [0.3, 0.4) is 0 Å². The zero-order valence-electron chi connectivity index (χ0n) is 16.0. The van der Waals surface area contributed by atoms with E-state index in [0.717, 1.165) is 16.9 Å². The van der Waals surface area contributed by atoms with Crippen LogP contribution in [0.5, 0.6) is 0 Å². The van der Waals surface area contributed by atoms with Crippen molar-refractivity contribution in [2.24, 2.45) is 0 Å². The summed E-state index contributed by atoms with van der Waals surface area (Å²) in [7, 11) is 0. The van der Waals surface area contributed by atoms with Crippen molar-refractivity contribution < 1.29 is 5.48 Å². The van der Waals surface area contributed by atoms with Crippen LogP contribution in [0.25, 0.3) is 0 Å². The molecule has 0 amide bonds. The molecular formula is C17H21N3. The van der Waals surface area contributed by atoms with E-state index < -0.39 is 12.9 Å². The molecule has 1 aliphatic rings. The van der Waals surface area contributed by atoms with Crippen LogP contribution in [0.4, 0.5) is 17.2 Å². The molecule has 3 heteroatoms. The van der Waals surface area contributed by atoms with E-state index >= 15 is 0 Å². The van der Waals surface area contributed by atoms with E-state index in [1.807, 2.05) is 50.2 Å². The van der Waals surface area contributed by atoms with Gasteiger partial charge in [-0.2, -0.15) is 0 Å². The quantitative estimate of drug-likeness (QED) is 0.819. The van der Waals surface area contributed by atoms with Gasteiger partial charge in [0.15, 0.2) is 5.82 Å². The predicted molar refractivity (Wildman–Crippen MR) is 84.6 cm³/mol. The Kier molecular flexibility index (Phi) is 2.17. The third-order valence-corrected chi connectivity index (χ3v) is 3.74. The summed E-state index contributed by atoms with van der Waals surface area (Å²) in [6.45, 7) is 2.89. The third kappa shape index (κ3) is 1.85. The first-order chi connectivity index (χ1) is 11.2. The summed E-state index contributed by atoms with van der Waals surface area (Å²) < 4.78 is 31.9. The van der Waals surface area contributed by atoms with E-state index in [1.165, 1.54) is 6.92 Å². The average Bonchev–Trinajstić information content (AvgIpc) is 2.79. The fraction of sp³-hybridized carbons (Fsp3) is 0.353. The first-order valence-electron chi connectivity index (χ1n) is 8.75. The fourth-order valence-electron chi connectivity index (χ4n) is 2.86. The van der Waals surface area contributed by atoms with Gasteiger partial charge in [0.25, 0.3) is 0 Å². The molecule has 20 heavy (non-hydrogen) atoms. The first kappa shape index (κ1) is 9.01. The Hall–Kier alpha value is -2.03. The maximum Gasteiger partial charge on any atom is 0.154 e. The second-order valence-corrected chi connectivity index (χ2v) is 5.09. The lowest BCUT2D eigenvalue weighted by Crippen LogP contribution is -2.42. The second kappa shape index (κ2) is 4.82. The van der Waals surface area contributed by atoms with E-state index in [4.69, 9.17) is 5.48 Å². The predicted octanol–water partition coefficient (Wildman–Crippen LogP) is 4.10. The van der Waals surface area contributed by atoms with Crippen molar-refractivity contribution in [1.82, 2.24) is 4.98 Å². The highest BCUT2D eigenvalue weighted by molar-refractivity contribution is 5.82. The standard InChI is InChI=1S/C17H21N3/c1-12(2)19-14(4)20(15-9-6-5-8-13(15)3)16-10-7-11-18-17(16)19/h5-12,14H,1-4H3/t14-/m1/s1/i1D3,12D/t12?,14-. The summed E-state index contributed by atoms with van der Waals surface area (Å²) in [5.74, 6) is 0.530. The largest absolute Gasteiger partial charge is 0.332 e. The molecule has 0 saturated heterocycles. The van der Waals surface area contributed by atoms with Gasteiger partial charge in [-0.3, -0.25) is 0 Å². The molecule has 1 aromatic carbocycles. The van der Waals surface area contributed by atoms with Gasteiger partial charge in [0, 0.05) is 22.0 Å². The van der Waals surface area contributed by atoms with Crippen molar-refractivity contribution in [3.05, 3.63) is 48.2 Å². The van der Waals surface area contributed by atoms with E-state index in [9.17, 15) is 0 Å². The van der Waals surface area contributed by atoms with Crippen molar-refractivity contribution in [2.75, 3.05) is 9.80 Å². The van der Waals surface area contributed by atoms with Gasteiger partial charge in [-0.15, -0.1) is 0 Å². The number of fused-ring (bicyclic) bond motifs is 1. The van der Waals surface area contributed by atoms with Gasteiger partial charge >= 0.3 is 0 Å². The summed E-state index contributed by atoms with van der Waals surface area (Å²) in [4.78, 5) is 8.03. The average molecular weight is 271 g/mol. The summed E-state index contributed by atoms with van der Waals surface area (Å²) in [6, 6.07) is 9.91. The second-order valence-electron chi connectivity index (χ2n) is 5.09. The lowest BCUT2D eigenvalue weighted by Gasteiger charge is -2.33. The zero-order valence-corrected chi connectivity index (χ0v) is 12.0. The van der Waals surface area contributed by atoms with E-state index in [1.54, 1.807) is 11.1 Å². The van der Waals surface area contributed by atoms with E-state index in [-0.39, 0.29) is 6.17 Å². The monoisotopic (exact) mass is 271 g/mol. The number of hydrogen-bond donors (Lipinski definition) is 0. The van der Waals surface area contributed by atoms with Crippen LogP contribution in [-0.4, -0.2) is 17.2 Å². The SMILES string of the molecule is [2H]C([2H])([2H])C([2H])(C)N1c2ncccc2N(c2ccccc2C)[C@@H]1C. The number of nitrogens with zero attached hydrogens (tertiary/aromatic N) is 3. The molecule has 104 valence electrons. The Morgan fingerprint density at radius 2 is 2.00 bits per heavy atom. The molecule has 3 rings (SSSR count). The molecule has 0 fully saturated rings. The van der Waals surface area contributed by atoms with Gasteiger partial charge in [0.2, 0.25) is 0 Å². The van der Waals surface area contributed by atoms with Crippen LogP contribution in [0.2, 0.25) is 0 Å². The van der Waals surface area contributed by atoms with Crippen molar-refractivity contribution in [3.63, 3.8) is 0 Å². The van der Waals surface area contributed by atoms with Crippen LogP contribution in [0.1, 0.15) is 31.7 Å². The number of benzene rings is 1. The van der Waals surface area contributed by atoms with Gasteiger partial charge in [-0.1, -0.05) is 18.2 Å². The normalized spacial score (nSPS) is 24.2. The van der Waals surface area contributed by atoms with Crippen LogP contribution < -0.4 is 9.80 Å². The van der Waals surface area contributed by atoms with Crippen LogP contribution >= 0.6 is 0 Å². The van der Waals surface area contributed by atoms with Crippen LogP contribution in [0.15, 0.2) is 42.6 Å². The fourth-order valence-corrected chi connectivity index (χ4v) is 2.86. The summed E-state index contributed by atoms with van der Waals surface area (Å²) in [6.07, 6.45) is 1.30. The Morgan fingerprint density at radius 1 is 1.25 bits per heavy atom. The molecule has 2 aromatic rings. The maximum absolute atomic E-state index is 8.54. The first-order valence-corrected chi connectivity index (χ1v) is 6.75. The highest BCUT2D eigenvalue weighted by atomic mass is 15.4. The van der Waals surface area contributed by atoms with Crippen molar-refractivity contribution in [2.45, 2.75) is 39.8 Å². The number of para-hydroxylation sites is 1. The van der Waals surface area contributed by atoms with Crippen LogP contribution in [0, 0.1) is 6.92 Å². The molecule has 0 aliphatic carbocycles. The molecule has 2 atom stereocenters. The van der Waals surface area contributed by atoms with E-state index in [2.05, 4.69) is 9.88 Å². The van der Waals surface area contributed by atoms with Gasteiger partial charge < -0.3 is 9.80 Å². The molecule has 0 N–H and O–H groups in total. The summed E-state index contributed by atoms with van der Waals surface area (Å²) >= 11 is 0. The van der Waals surface area contributed by atoms with Gasteiger partial charge in [-0.25, -0.2) is 4.98 Å². The van der Waals surface area contributed by atoms with Crippen molar-refractivity contribution >= 4 is 17.2 Å². The minimum Gasteiger partial charge on any atom is -0.332 e. The minimum atomic E-state index is -2.46. The number of anilines is 3. The number of rotatable bonds is 2. The van der Waals surface area contributed by atoms with Crippen molar-refractivity contribution in [1.29, 1.82) is 0 Å². The minimum absolute atomic E-state index is 0.334. The summed E-state index contributed by atoms with van der Waals surface area (Å²) in [5.41, 5.74) is 2.90. The maximum atomic E-state index is 8.54. The molecule has 0 bridgehead atoms. The Morgan fingerprint density at radius 3 is 2.75 bits per heavy atom. The molecule has 0 saturated carbocycles. The molecule has 1 aromatic heterocycles. The lowest BCUT2D eigenvalue weighted by molar-refractivity contribution is 0.601. The molecule has 0 spiro atoms. The Balaban J connectivity index is 2.18. The van der Waals surface area contributed by atoms with Gasteiger partial charge in [0.1, 0.15) is 6.17 Å². The molecule has 1 aliphatic heterocycles. The molecule has 0 radical (unpaired) electrons. The van der Waals surface area contributed by atoms with Gasteiger partial charge in [-0.05, 0) is 51.4 Å². The third-order valence-electron chi connectivity index (χ3n) is 3.74.